The van der Waals surface area contributed by atoms with E-state index in [1.165, 1.54) is 5.56 Å². The van der Waals surface area contributed by atoms with Gasteiger partial charge in [-0.25, -0.2) is 0 Å². The number of fused-ring (bicyclic) bond motifs is 2. The lowest BCUT2D eigenvalue weighted by molar-refractivity contribution is -0.401. The van der Waals surface area contributed by atoms with Crippen LogP contribution in [0.5, 0.6) is 0 Å². The first kappa shape index (κ1) is 35.3. The molecule has 0 amide bonds. The highest BCUT2D eigenvalue weighted by Gasteiger charge is 2.46. The van der Waals surface area contributed by atoms with Crippen molar-refractivity contribution in [3.63, 3.8) is 0 Å². The highest BCUT2D eigenvalue weighted by Crippen LogP contribution is 2.50. The van der Waals surface area contributed by atoms with Gasteiger partial charge in [0.25, 0.3) is 0 Å². The molecule has 1 aliphatic carbocycles. The maximum Gasteiger partial charge on any atom is 0.358 e. The van der Waals surface area contributed by atoms with Crippen LogP contribution >= 0.6 is 7.60 Å². The molecule has 3 aliphatic rings. The maximum absolute atomic E-state index is 13.5. The van der Waals surface area contributed by atoms with Gasteiger partial charge in [-0.2, -0.15) is 4.58 Å². The number of benzene rings is 3. The zero-order valence-corrected chi connectivity index (χ0v) is 30.3. The Labute approximate surface area is 293 Å². The number of Topliss-reactive ketones (excluding diaryl/α,β-unsaturated/α-hetero) is 1. The van der Waals surface area contributed by atoms with Crippen LogP contribution in [-0.2, 0) is 29.5 Å². The fourth-order valence-electron chi connectivity index (χ4n) is 7.38. The van der Waals surface area contributed by atoms with E-state index >= 15 is 0 Å². The number of ketones is 1. The fraction of sp³-hybridized carbons (Fsp3) is 0.325. The van der Waals surface area contributed by atoms with Crippen molar-refractivity contribution in [3.8, 4) is 11.1 Å². The Morgan fingerprint density at radius 2 is 1.60 bits per heavy atom. The van der Waals surface area contributed by atoms with Crippen LogP contribution in [0.2, 0.25) is 0 Å². The van der Waals surface area contributed by atoms with Crippen LogP contribution in [0.25, 0.3) is 11.1 Å². The summed E-state index contributed by atoms with van der Waals surface area (Å²) in [5.74, 6) is -1.05. The molecule has 0 saturated carbocycles. The highest BCUT2D eigenvalue weighted by atomic mass is 31.2. The number of nitrogens with zero attached hydrogens (tertiary/aromatic N) is 2. The van der Waals surface area contributed by atoms with Crippen LogP contribution < -0.4 is 10.2 Å². The Hall–Kier alpha value is -4.56. The largest absolute Gasteiger partial charge is 0.506 e. The van der Waals surface area contributed by atoms with E-state index in [1.54, 1.807) is 30.3 Å². The molecule has 10 heteroatoms. The molecule has 0 bridgehead atoms. The number of aliphatic hydroxyl groups excluding tert-OH is 1. The summed E-state index contributed by atoms with van der Waals surface area (Å²) in [5.41, 5.74) is 7.73. The van der Waals surface area contributed by atoms with Crippen LogP contribution in [0, 0.1) is 0 Å². The van der Waals surface area contributed by atoms with Gasteiger partial charge < -0.3 is 24.5 Å². The van der Waals surface area contributed by atoms with E-state index in [0.717, 1.165) is 39.5 Å². The van der Waals surface area contributed by atoms with Crippen LogP contribution in [0.1, 0.15) is 64.5 Å². The minimum absolute atomic E-state index is 0.000529. The Morgan fingerprint density at radius 1 is 0.920 bits per heavy atom. The molecule has 1 unspecified atom stereocenters. The number of carbonyl (C=O) groups is 2. The molecule has 50 heavy (non-hydrogen) atoms. The third kappa shape index (κ3) is 6.08. The summed E-state index contributed by atoms with van der Waals surface area (Å²) in [4.78, 5) is 36.8. The summed E-state index contributed by atoms with van der Waals surface area (Å²) in [6, 6.07) is 21.1. The van der Waals surface area contributed by atoms with E-state index in [0.29, 0.717) is 30.4 Å². The molecule has 2 heterocycles. The summed E-state index contributed by atoms with van der Waals surface area (Å²) in [6.07, 6.45) is 5.29. The number of hydrogen-bond acceptors (Lipinski definition) is 6. The number of aliphatic hydroxyl groups is 1. The number of unbranched alkanes of at least 4 members (excludes halogenated alkanes) is 2. The van der Waals surface area contributed by atoms with Gasteiger partial charge in [0.15, 0.2) is 5.71 Å². The van der Waals surface area contributed by atoms with Crippen LogP contribution in [0.3, 0.4) is 0 Å². The summed E-state index contributed by atoms with van der Waals surface area (Å²) >= 11 is 0. The summed E-state index contributed by atoms with van der Waals surface area (Å²) in [5, 5.41) is 20.1. The highest BCUT2D eigenvalue weighted by molar-refractivity contribution is 7.61. The van der Waals surface area contributed by atoms with Crippen LogP contribution in [0.4, 0.5) is 11.4 Å². The van der Waals surface area contributed by atoms with E-state index in [-0.39, 0.29) is 35.3 Å². The zero-order chi connectivity index (χ0) is 36.2. The van der Waals surface area contributed by atoms with Crippen LogP contribution in [-0.4, -0.2) is 57.8 Å². The Kier molecular flexibility index (Phi) is 9.14. The molecule has 260 valence electrons. The fourth-order valence-corrected chi connectivity index (χ4v) is 8.43. The molecule has 9 nitrogen and oxygen atoms in total. The third-order valence-corrected chi connectivity index (χ3v) is 11.8. The van der Waals surface area contributed by atoms with Gasteiger partial charge in [0, 0.05) is 48.0 Å². The van der Waals surface area contributed by atoms with E-state index in [2.05, 4.69) is 55.4 Å². The quantitative estimate of drug-likeness (QED) is 0.0817. The number of carboxylic acid groups (broad SMARTS) is 1. The molecule has 0 radical (unpaired) electrons. The van der Waals surface area contributed by atoms with E-state index < -0.39 is 19.0 Å². The molecule has 6 rings (SSSR count). The van der Waals surface area contributed by atoms with Gasteiger partial charge in [-0.3, -0.25) is 14.2 Å². The van der Waals surface area contributed by atoms with Gasteiger partial charge in [0.2, 0.25) is 11.5 Å². The minimum atomic E-state index is -4.02. The first-order valence-electron chi connectivity index (χ1n) is 16.9. The molecule has 3 N–H and O–H groups in total. The number of hydrogen-bond donors (Lipinski definition) is 3. The summed E-state index contributed by atoms with van der Waals surface area (Å²) in [6.45, 7) is 8.51. The van der Waals surface area contributed by atoms with Crippen molar-refractivity contribution in [1.82, 2.24) is 0 Å². The molecule has 1 atom stereocenters. The molecule has 0 aromatic heterocycles. The van der Waals surface area contributed by atoms with Crippen LogP contribution in [0.15, 0.2) is 101 Å². The lowest BCUT2D eigenvalue weighted by Crippen LogP contribution is -2.31. The smallest absolute Gasteiger partial charge is 0.358 e. The molecule has 0 fully saturated rings. The van der Waals surface area contributed by atoms with E-state index in [4.69, 9.17) is 9.63 Å². The zero-order valence-electron chi connectivity index (χ0n) is 29.4. The SMILES string of the molecule is CN1C(=CC2=C(O)C(=CC3=[N+](C)c4ccccc4C3(C)C)C2=O)C(C)(C)c2cc(-c3ccc(P(=O)(O)OCCCCCC(=O)O)cc3)ccc21. The monoisotopic (exact) mass is 695 g/mol. The van der Waals surface area contributed by atoms with Crippen molar-refractivity contribution >= 4 is 41.7 Å². The number of rotatable bonds is 11. The Balaban J connectivity index is 1.20. The van der Waals surface area contributed by atoms with Crippen molar-refractivity contribution in [2.24, 2.45) is 0 Å². The number of anilines is 1. The van der Waals surface area contributed by atoms with Crippen molar-refractivity contribution in [1.29, 1.82) is 0 Å². The first-order valence-corrected chi connectivity index (χ1v) is 18.4. The topological polar surface area (TPSA) is 127 Å². The van der Waals surface area contributed by atoms with Gasteiger partial charge in [-0.05, 0) is 73.7 Å². The number of para-hydroxylation sites is 1. The predicted molar refractivity (Wildman–Crippen MR) is 196 cm³/mol. The standard InChI is InChI=1S/C40H43N2O7P/c1-39(2)30-12-9-10-13-32(30)41(5)34(39)23-28-37(45)29(38(28)46)24-35-40(3,4)31-22-26(17-20-33(31)42(35)6)25-15-18-27(19-16-25)50(47,48)49-21-11-7-8-14-36(43)44/h9-10,12-13,15-20,22-24H,7-8,11,14,21H2,1-6H3,(H2-,43,44,45,46,47,48)/p+1. The Morgan fingerprint density at radius 3 is 2.26 bits per heavy atom. The van der Waals surface area contributed by atoms with Gasteiger partial charge in [-0.15, -0.1) is 0 Å². The van der Waals surface area contributed by atoms with Gasteiger partial charge in [-0.1, -0.05) is 56.7 Å². The van der Waals surface area contributed by atoms with Gasteiger partial charge >= 0.3 is 13.6 Å². The number of allylic oxidation sites excluding steroid dienone is 5. The normalized spacial score (nSPS) is 20.3. The lowest BCUT2D eigenvalue weighted by atomic mass is 9.77. The summed E-state index contributed by atoms with van der Waals surface area (Å²) < 4.78 is 20.2. The first-order chi connectivity index (χ1) is 23.6. The minimum Gasteiger partial charge on any atom is -0.506 e. The predicted octanol–water partition coefficient (Wildman–Crippen LogP) is 7.46. The van der Waals surface area contributed by atoms with Gasteiger partial charge in [0.1, 0.15) is 12.8 Å². The summed E-state index contributed by atoms with van der Waals surface area (Å²) in [7, 11) is -0.0792. The average molecular weight is 696 g/mol. The Bertz CT molecular complexity index is 2090. The molecule has 0 saturated heterocycles. The van der Waals surface area contributed by atoms with Crippen molar-refractivity contribution in [2.45, 2.75) is 64.2 Å². The van der Waals surface area contributed by atoms with E-state index in [9.17, 15) is 24.2 Å². The molecular weight excluding hydrogens is 651 g/mol. The molecule has 2 aliphatic heterocycles. The number of carbonyl (C=O) groups excluding carboxylic acids is 1. The van der Waals surface area contributed by atoms with E-state index in [1.807, 2.05) is 44.4 Å². The second-order valence-corrected chi connectivity index (χ2v) is 16.1. The van der Waals surface area contributed by atoms with Gasteiger partial charge in [0.05, 0.1) is 28.5 Å². The number of aliphatic carboxylic acids is 1. The van der Waals surface area contributed by atoms with Crippen molar-refractivity contribution in [3.05, 3.63) is 113 Å². The van der Waals surface area contributed by atoms with Crippen molar-refractivity contribution in [2.75, 3.05) is 25.6 Å². The molecule has 3 aromatic carbocycles. The second-order valence-electron chi connectivity index (χ2n) is 14.3. The average Bonchev–Trinajstić information content (AvgIpc) is 3.40. The lowest BCUT2D eigenvalue weighted by Gasteiger charge is -2.27. The number of carboxylic acids is 1. The molecule has 0 spiro atoms. The van der Waals surface area contributed by atoms with Crippen molar-refractivity contribution < 1.29 is 38.4 Å². The third-order valence-electron chi connectivity index (χ3n) is 10.4. The molecule has 3 aromatic rings. The number of likely N-dealkylation sites (N-methyl/N-ethyl adjacent to an activating group) is 1. The molecular formula is C40H44N2O7P+. The maximum atomic E-state index is 13.5. The second kappa shape index (κ2) is 13.0.